The van der Waals surface area contributed by atoms with Gasteiger partial charge in [-0.3, -0.25) is 4.79 Å². The van der Waals surface area contributed by atoms with Gasteiger partial charge in [0.05, 0.1) is 5.60 Å². The number of carbonyl (C=O) groups excluding carboxylic acids is 1. The number of fused-ring (bicyclic) bond motifs is 5. The minimum atomic E-state index is -1.60. The summed E-state index contributed by atoms with van der Waals surface area (Å²) in [5, 5.41) is 10.6. The Kier molecular flexibility index (Phi) is 3.81. The molecular formula is C22H35FO2. The normalized spacial score (nSPS) is 58.2. The molecule has 4 saturated carbocycles. The zero-order valence-electron chi connectivity index (χ0n) is 16.4. The van der Waals surface area contributed by atoms with Crippen molar-refractivity contribution in [1.29, 1.82) is 0 Å². The predicted molar refractivity (Wildman–Crippen MR) is 96.9 cm³/mol. The van der Waals surface area contributed by atoms with E-state index in [1.54, 1.807) is 0 Å². The molecule has 4 aliphatic rings. The summed E-state index contributed by atoms with van der Waals surface area (Å²) < 4.78 is 15.7. The van der Waals surface area contributed by atoms with E-state index in [0.29, 0.717) is 35.5 Å². The van der Waals surface area contributed by atoms with Gasteiger partial charge in [0.15, 0.2) is 11.5 Å². The predicted octanol–water partition coefficient (Wildman–Crippen LogP) is 5.08. The van der Waals surface area contributed by atoms with Crippen LogP contribution >= 0.6 is 0 Å². The SMILES string of the molecule is CC(=O)[C@@]1(F)CC[C@H]2[C@@H]3CCC4C[C@](C)(O)CC[C@]4(C)[C@H]3CC[C@@]21C. The first-order valence-electron chi connectivity index (χ1n) is 10.5. The van der Waals surface area contributed by atoms with Crippen LogP contribution in [0.4, 0.5) is 4.39 Å². The molecule has 0 aromatic heterocycles. The second kappa shape index (κ2) is 5.30. The highest BCUT2D eigenvalue weighted by Gasteiger charge is 2.67. The molecule has 8 atom stereocenters. The highest BCUT2D eigenvalue weighted by molar-refractivity contribution is 5.86. The number of Topliss-reactive ketones (excluding diaryl/α,β-unsaturated/α-hetero) is 1. The van der Waals surface area contributed by atoms with Crippen molar-refractivity contribution in [2.24, 2.45) is 34.5 Å². The van der Waals surface area contributed by atoms with Crippen LogP contribution in [0.25, 0.3) is 0 Å². The maximum absolute atomic E-state index is 15.7. The van der Waals surface area contributed by atoms with Crippen LogP contribution in [0.1, 0.15) is 85.5 Å². The number of carbonyl (C=O) groups is 1. The number of alkyl halides is 1. The molecule has 2 nitrogen and oxygen atoms in total. The Morgan fingerprint density at radius 3 is 2.32 bits per heavy atom. The van der Waals surface area contributed by atoms with E-state index in [-0.39, 0.29) is 5.78 Å². The second-order valence-corrected chi connectivity index (χ2v) is 10.7. The van der Waals surface area contributed by atoms with Crippen molar-refractivity contribution in [3.8, 4) is 0 Å². The summed E-state index contributed by atoms with van der Waals surface area (Å²) in [6, 6.07) is 0. The Hall–Kier alpha value is -0.440. The number of aliphatic hydroxyl groups is 1. The lowest BCUT2D eigenvalue weighted by Gasteiger charge is -2.62. The summed E-state index contributed by atoms with van der Waals surface area (Å²) >= 11 is 0. The molecular weight excluding hydrogens is 315 g/mol. The first kappa shape index (κ1) is 17.9. The van der Waals surface area contributed by atoms with Gasteiger partial charge in [-0.15, -0.1) is 0 Å². The molecule has 0 spiro atoms. The lowest BCUT2D eigenvalue weighted by molar-refractivity contribution is -0.163. The van der Waals surface area contributed by atoms with Crippen LogP contribution in [0.5, 0.6) is 0 Å². The van der Waals surface area contributed by atoms with Crippen molar-refractivity contribution in [1.82, 2.24) is 0 Å². The van der Waals surface area contributed by atoms with E-state index in [2.05, 4.69) is 13.8 Å². The number of halogens is 1. The molecule has 1 unspecified atom stereocenters. The first-order chi connectivity index (χ1) is 11.5. The van der Waals surface area contributed by atoms with Gasteiger partial charge in [0.25, 0.3) is 0 Å². The molecule has 1 N–H and O–H groups in total. The standard InChI is InChI=1S/C22H35FO2/c1-14(24)22(23)10-8-18-16-6-5-15-13-19(2,25)11-12-20(15,3)17(16)7-9-21(18,22)4/h15-18,25H,5-13H2,1-4H3/t15?,16-,17+,18+,19-,20+,21+,22+/m1/s1. The molecule has 142 valence electrons. The smallest absolute Gasteiger partial charge is 0.174 e. The van der Waals surface area contributed by atoms with Gasteiger partial charge in [-0.05, 0) is 101 Å². The third-order valence-electron chi connectivity index (χ3n) is 9.61. The Balaban J connectivity index is 1.64. The van der Waals surface area contributed by atoms with Gasteiger partial charge in [0, 0.05) is 5.41 Å². The van der Waals surface area contributed by atoms with Gasteiger partial charge in [-0.2, -0.15) is 0 Å². The average molecular weight is 351 g/mol. The molecule has 0 amide bonds. The quantitative estimate of drug-likeness (QED) is 0.716. The van der Waals surface area contributed by atoms with Crippen molar-refractivity contribution < 1.29 is 14.3 Å². The van der Waals surface area contributed by atoms with Crippen LogP contribution < -0.4 is 0 Å². The van der Waals surface area contributed by atoms with Gasteiger partial charge >= 0.3 is 0 Å². The maximum Gasteiger partial charge on any atom is 0.174 e. The lowest BCUT2D eigenvalue weighted by Crippen LogP contribution is -2.58. The summed E-state index contributed by atoms with van der Waals surface area (Å²) in [6.45, 7) is 7.98. The Morgan fingerprint density at radius 2 is 1.64 bits per heavy atom. The second-order valence-electron chi connectivity index (χ2n) is 10.7. The van der Waals surface area contributed by atoms with Crippen molar-refractivity contribution in [2.45, 2.75) is 96.8 Å². The third-order valence-corrected chi connectivity index (χ3v) is 9.61. The topological polar surface area (TPSA) is 37.3 Å². The van der Waals surface area contributed by atoms with E-state index in [9.17, 15) is 9.90 Å². The van der Waals surface area contributed by atoms with E-state index in [1.807, 2.05) is 6.92 Å². The number of ketones is 1. The molecule has 0 aliphatic heterocycles. The highest BCUT2D eigenvalue weighted by Crippen LogP contribution is 2.69. The van der Waals surface area contributed by atoms with E-state index in [1.165, 1.54) is 13.3 Å². The molecule has 3 heteroatoms. The molecule has 4 rings (SSSR count). The Morgan fingerprint density at radius 1 is 0.960 bits per heavy atom. The van der Waals surface area contributed by atoms with Crippen LogP contribution in [0, 0.1) is 34.5 Å². The van der Waals surface area contributed by atoms with Gasteiger partial charge in [-0.25, -0.2) is 4.39 Å². The van der Waals surface area contributed by atoms with E-state index < -0.39 is 16.7 Å². The molecule has 4 aliphatic carbocycles. The summed E-state index contributed by atoms with van der Waals surface area (Å²) in [7, 11) is 0. The summed E-state index contributed by atoms with van der Waals surface area (Å²) in [4.78, 5) is 12.1. The minimum absolute atomic E-state index is 0.246. The molecule has 0 aromatic rings. The molecule has 0 radical (unpaired) electrons. The Labute approximate surface area is 152 Å². The van der Waals surface area contributed by atoms with Crippen LogP contribution in [0.3, 0.4) is 0 Å². The molecule has 0 bridgehead atoms. The number of rotatable bonds is 1. The first-order valence-corrected chi connectivity index (χ1v) is 10.5. The van der Waals surface area contributed by atoms with Crippen LogP contribution in [-0.4, -0.2) is 22.2 Å². The van der Waals surface area contributed by atoms with Crippen molar-refractivity contribution in [2.75, 3.05) is 0 Å². The van der Waals surface area contributed by atoms with Crippen molar-refractivity contribution in [3.05, 3.63) is 0 Å². The third kappa shape index (κ3) is 2.26. The van der Waals surface area contributed by atoms with Gasteiger partial charge < -0.3 is 5.11 Å². The van der Waals surface area contributed by atoms with E-state index >= 15 is 4.39 Å². The maximum atomic E-state index is 15.7. The fraction of sp³-hybridized carbons (Fsp3) is 0.955. The molecule has 0 aromatic carbocycles. The van der Waals surface area contributed by atoms with Crippen molar-refractivity contribution in [3.63, 3.8) is 0 Å². The largest absolute Gasteiger partial charge is 0.390 e. The van der Waals surface area contributed by atoms with Crippen molar-refractivity contribution >= 4 is 5.78 Å². The van der Waals surface area contributed by atoms with E-state index in [4.69, 9.17) is 0 Å². The fourth-order valence-corrected chi connectivity index (χ4v) is 7.99. The summed E-state index contributed by atoms with van der Waals surface area (Å²) in [6.07, 6.45) is 8.48. The fourth-order valence-electron chi connectivity index (χ4n) is 7.99. The molecule has 0 saturated heterocycles. The molecule has 0 heterocycles. The monoisotopic (exact) mass is 350 g/mol. The zero-order valence-corrected chi connectivity index (χ0v) is 16.4. The summed E-state index contributed by atoms with van der Waals surface area (Å²) in [5.41, 5.74) is -2.26. The van der Waals surface area contributed by atoms with Crippen LogP contribution in [-0.2, 0) is 4.79 Å². The van der Waals surface area contributed by atoms with Gasteiger partial charge in [-0.1, -0.05) is 13.8 Å². The number of hydrogen-bond donors (Lipinski definition) is 1. The number of hydrogen-bond acceptors (Lipinski definition) is 2. The van der Waals surface area contributed by atoms with Crippen LogP contribution in [0.2, 0.25) is 0 Å². The van der Waals surface area contributed by atoms with Gasteiger partial charge in [0.2, 0.25) is 0 Å². The minimum Gasteiger partial charge on any atom is -0.390 e. The molecule has 25 heavy (non-hydrogen) atoms. The molecule has 4 fully saturated rings. The van der Waals surface area contributed by atoms with E-state index in [0.717, 1.165) is 44.9 Å². The Bertz CT molecular complexity index is 587. The highest BCUT2D eigenvalue weighted by atomic mass is 19.1. The average Bonchev–Trinajstić information content (AvgIpc) is 2.81. The lowest BCUT2D eigenvalue weighted by atomic mass is 9.43. The van der Waals surface area contributed by atoms with Gasteiger partial charge in [0.1, 0.15) is 0 Å². The summed E-state index contributed by atoms with van der Waals surface area (Å²) in [5.74, 6) is 1.94. The van der Waals surface area contributed by atoms with Crippen LogP contribution in [0.15, 0.2) is 0 Å². The zero-order chi connectivity index (χ0) is 18.3.